The molecule has 0 N–H and O–H groups in total. The summed E-state index contributed by atoms with van der Waals surface area (Å²) in [4.78, 5) is 0. The highest BCUT2D eigenvalue weighted by molar-refractivity contribution is 6.18. The lowest BCUT2D eigenvalue weighted by atomic mass is 9.75. The van der Waals surface area contributed by atoms with Gasteiger partial charge < -0.3 is 9.30 Å². The van der Waals surface area contributed by atoms with Crippen LogP contribution >= 0.6 is 0 Å². The van der Waals surface area contributed by atoms with Crippen LogP contribution in [0.5, 0.6) is 11.5 Å². The van der Waals surface area contributed by atoms with Gasteiger partial charge in [0.05, 0.1) is 16.7 Å². The maximum atomic E-state index is 6.36. The van der Waals surface area contributed by atoms with Gasteiger partial charge in [-0.2, -0.15) is 0 Å². The van der Waals surface area contributed by atoms with Crippen LogP contribution in [0.2, 0.25) is 0 Å². The molecule has 2 heteroatoms. The smallest absolute Gasteiger partial charge is 0.131 e. The monoisotopic (exact) mass is 501 g/mol. The molecule has 6 aromatic carbocycles. The molecule has 186 valence electrons. The van der Waals surface area contributed by atoms with E-state index in [2.05, 4.69) is 140 Å². The highest BCUT2D eigenvalue weighted by atomic mass is 16.5. The van der Waals surface area contributed by atoms with E-state index in [1.165, 1.54) is 60.5 Å². The summed E-state index contributed by atoms with van der Waals surface area (Å²) in [6, 6.07) is 45.8. The van der Waals surface area contributed by atoms with E-state index < -0.39 is 0 Å². The van der Waals surface area contributed by atoms with E-state index in [-0.39, 0.29) is 5.41 Å². The number of ether oxygens (including phenoxy) is 1. The number of nitrogens with zero attached hydrogens (tertiary/aromatic N) is 1. The van der Waals surface area contributed by atoms with Gasteiger partial charge in [-0.05, 0) is 41.3 Å². The van der Waals surface area contributed by atoms with Crippen molar-refractivity contribution in [3.63, 3.8) is 0 Å². The summed E-state index contributed by atoms with van der Waals surface area (Å²) in [5.41, 5.74) is 8.28. The molecule has 39 heavy (non-hydrogen) atoms. The molecule has 0 unspecified atom stereocenters. The Labute approximate surface area is 227 Å². The number of aromatic nitrogens is 1. The SMILES string of the molecule is CC1(C)c2ccccc2Oc2ccc(-c3ccccc3-n3c4ccccc4c4ccc5ccccc5c43)cc21. The van der Waals surface area contributed by atoms with Crippen molar-refractivity contribution in [3.05, 3.63) is 139 Å². The molecule has 0 bridgehead atoms. The Morgan fingerprint density at radius 2 is 1.28 bits per heavy atom. The van der Waals surface area contributed by atoms with Crippen LogP contribution in [0.3, 0.4) is 0 Å². The molecular weight excluding hydrogens is 474 g/mol. The third kappa shape index (κ3) is 3.15. The number of hydrogen-bond donors (Lipinski definition) is 0. The largest absolute Gasteiger partial charge is 0.457 e. The van der Waals surface area contributed by atoms with Gasteiger partial charge in [-0.1, -0.05) is 111 Å². The molecule has 0 atom stereocenters. The van der Waals surface area contributed by atoms with Gasteiger partial charge in [0.2, 0.25) is 0 Å². The topological polar surface area (TPSA) is 14.2 Å². The molecule has 0 amide bonds. The van der Waals surface area contributed by atoms with Gasteiger partial charge in [-0.25, -0.2) is 0 Å². The third-order valence-corrected chi connectivity index (χ3v) is 8.45. The van der Waals surface area contributed by atoms with Gasteiger partial charge >= 0.3 is 0 Å². The second kappa shape index (κ2) is 8.09. The first-order valence-electron chi connectivity index (χ1n) is 13.5. The number of para-hydroxylation sites is 3. The van der Waals surface area contributed by atoms with Crippen molar-refractivity contribution in [3.8, 4) is 28.3 Å². The van der Waals surface area contributed by atoms with E-state index in [9.17, 15) is 0 Å². The summed E-state index contributed by atoms with van der Waals surface area (Å²) < 4.78 is 8.82. The van der Waals surface area contributed by atoms with Gasteiger partial charge in [0.15, 0.2) is 0 Å². The van der Waals surface area contributed by atoms with Crippen LogP contribution in [0, 0.1) is 0 Å². The minimum atomic E-state index is -0.168. The van der Waals surface area contributed by atoms with E-state index in [0.29, 0.717) is 0 Å². The highest BCUT2D eigenvalue weighted by Gasteiger charge is 2.34. The minimum Gasteiger partial charge on any atom is -0.457 e. The van der Waals surface area contributed by atoms with Gasteiger partial charge in [-0.15, -0.1) is 0 Å². The summed E-state index contributed by atoms with van der Waals surface area (Å²) in [6.07, 6.45) is 0. The number of rotatable bonds is 2. The fourth-order valence-electron chi connectivity index (χ4n) is 6.50. The normalized spacial score (nSPS) is 13.8. The molecule has 2 heterocycles. The average Bonchev–Trinajstić information content (AvgIpc) is 3.32. The van der Waals surface area contributed by atoms with Gasteiger partial charge in [0.1, 0.15) is 11.5 Å². The summed E-state index contributed by atoms with van der Waals surface area (Å²) in [6.45, 7) is 4.59. The van der Waals surface area contributed by atoms with Gasteiger partial charge in [0.25, 0.3) is 0 Å². The maximum absolute atomic E-state index is 6.36. The van der Waals surface area contributed by atoms with E-state index in [1.54, 1.807) is 0 Å². The van der Waals surface area contributed by atoms with Crippen molar-refractivity contribution < 1.29 is 4.74 Å². The molecule has 0 radical (unpaired) electrons. The Balaban J connectivity index is 1.41. The standard InChI is InChI=1S/C37H27NO/c1-37(2)30-15-7-10-18-34(30)39-35-22-20-25(23-31(35)37)26-12-5-8-16-32(26)38-33-17-9-6-14-28(33)29-21-19-24-11-3-4-13-27(24)36(29)38/h3-23H,1-2H3. The fraction of sp³-hybridized carbons (Fsp3) is 0.0811. The lowest BCUT2D eigenvalue weighted by molar-refractivity contribution is 0.418. The van der Waals surface area contributed by atoms with E-state index in [4.69, 9.17) is 4.74 Å². The molecule has 1 aliphatic heterocycles. The first kappa shape index (κ1) is 22.2. The fourth-order valence-corrected chi connectivity index (χ4v) is 6.50. The Bertz CT molecular complexity index is 2080. The predicted octanol–water partition coefficient (Wildman–Crippen LogP) is 10.0. The Kier molecular flexibility index (Phi) is 4.60. The van der Waals surface area contributed by atoms with Crippen molar-refractivity contribution in [1.29, 1.82) is 0 Å². The lowest BCUT2D eigenvalue weighted by Gasteiger charge is -2.34. The second-order valence-corrected chi connectivity index (χ2v) is 11.0. The van der Waals surface area contributed by atoms with E-state index in [1.807, 2.05) is 6.07 Å². The predicted molar refractivity (Wildman–Crippen MR) is 162 cm³/mol. The lowest BCUT2D eigenvalue weighted by Crippen LogP contribution is -2.24. The molecule has 8 rings (SSSR count). The van der Waals surface area contributed by atoms with Crippen LogP contribution in [0.15, 0.2) is 127 Å². The Morgan fingerprint density at radius 1 is 0.564 bits per heavy atom. The molecule has 0 fully saturated rings. The molecule has 0 saturated heterocycles. The number of fused-ring (bicyclic) bond motifs is 7. The summed E-state index contributed by atoms with van der Waals surface area (Å²) >= 11 is 0. The van der Waals surface area contributed by atoms with Crippen LogP contribution < -0.4 is 4.74 Å². The molecule has 0 spiro atoms. The van der Waals surface area contributed by atoms with Crippen molar-refractivity contribution in [2.24, 2.45) is 0 Å². The van der Waals surface area contributed by atoms with Crippen LogP contribution in [0.25, 0.3) is 49.4 Å². The summed E-state index contributed by atoms with van der Waals surface area (Å²) in [5, 5.41) is 5.05. The Hall–Kier alpha value is -4.82. The van der Waals surface area contributed by atoms with E-state index in [0.717, 1.165) is 11.5 Å². The first-order chi connectivity index (χ1) is 19.1. The number of hydrogen-bond acceptors (Lipinski definition) is 1. The third-order valence-electron chi connectivity index (χ3n) is 8.45. The van der Waals surface area contributed by atoms with Crippen LogP contribution in [-0.2, 0) is 5.41 Å². The van der Waals surface area contributed by atoms with Crippen molar-refractivity contribution in [2.45, 2.75) is 19.3 Å². The maximum Gasteiger partial charge on any atom is 0.131 e. The zero-order valence-electron chi connectivity index (χ0n) is 22.0. The summed E-state index contributed by atoms with van der Waals surface area (Å²) in [7, 11) is 0. The van der Waals surface area contributed by atoms with Crippen LogP contribution in [-0.4, -0.2) is 4.57 Å². The molecule has 0 saturated carbocycles. The number of benzene rings is 6. The van der Waals surface area contributed by atoms with E-state index >= 15 is 0 Å². The first-order valence-corrected chi connectivity index (χ1v) is 13.5. The molecule has 2 nitrogen and oxygen atoms in total. The average molecular weight is 502 g/mol. The van der Waals surface area contributed by atoms with Crippen LogP contribution in [0.1, 0.15) is 25.0 Å². The van der Waals surface area contributed by atoms with Gasteiger partial charge in [-0.3, -0.25) is 0 Å². The van der Waals surface area contributed by atoms with Gasteiger partial charge in [0, 0.05) is 38.3 Å². The molecule has 0 aliphatic carbocycles. The quantitative estimate of drug-likeness (QED) is 0.230. The zero-order chi connectivity index (χ0) is 26.1. The van der Waals surface area contributed by atoms with Crippen molar-refractivity contribution >= 4 is 32.6 Å². The second-order valence-electron chi connectivity index (χ2n) is 11.0. The molecule has 7 aromatic rings. The molecule has 1 aliphatic rings. The molecule has 1 aromatic heterocycles. The minimum absolute atomic E-state index is 0.168. The molecular formula is C37H27NO. The van der Waals surface area contributed by atoms with Crippen molar-refractivity contribution in [2.75, 3.05) is 0 Å². The highest BCUT2D eigenvalue weighted by Crippen LogP contribution is 2.49. The van der Waals surface area contributed by atoms with Crippen molar-refractivity contribution in [1.82, 2.24) is 4.57 Å². The van der Waals surface area contributed by atoms with Crippen LogP contribution in [0.4, 0.5) is 0 Å². The zero-order valence-corrected chi connectivity index (χ0v) is 22.0. The summed E-state index contributed by atoms with van der Waals surface area (Å²) in [5.74, 6) is 1.88. The Morgan fingerprint density at radius 3 is 2.21 bits per heavy atom.